The quantitative estimate of drug-likeness (QED) is 0.797. The van der Waals surface area contributed by atoms with Crippen LogP contribution in [-0.2, 0) is 4.74 Å². The molecule has 0 saturated carbocycles. The first-order valence-corrected chi connectivity index (χ1v) is 5.42. The average molecular weight is 287 g/mol. The molecule has 0 radical (unpaired) electrons. The van der Waals surface area contributed by atoms with Crippen molar-refractivity contribution in [1.29, 1.82) is 0 Å². The third-order valence-electron chi connectivity index (χ3n) is 2.06. The molecule has 0 unspecified atom stereocenters. The van der Waals surface area contributed by atoms with E-state index in [0.29, 0.717) is 4.47 Å². The number of esters is 1. The highest BCUT2D eigenvalue weighted by molar-refractivity contribution is 9.10. The second kappa shape index (κ2) is 4.21. The first-order chi connectivity index (χ1) is 7.65. The van der Waals surface area contributed by atoms with E-state index in [1.807, 2.05) is 0 Å². The number of imidazole rings is 1. The van der Waals surface area contributed by atoms with Gasteiger partial charge in [-0.1, -0.05) is 0 Å². The zero-order valence-electron chi connectivity index (χ0n) is 8.41. The summed E-state index contributed by atoms with van der Waals surface area (Å²) in [5.41, 5.74) is 0.306. The predicted molar refractivity (Wildman–Crippen MR) is 58.8 cm³/mol. The monoisotopic (exact) mass is 286 g/mol. The van der Waals surface area contributed by atoms with E-state index in [-0.39, 0.29) is 17.9 Å². The fraction of sp³-hybridized carbons (Fsp3) is 0.200. The maximum atomic E-state index is 13.6. The van der Waals surface area contributed by atoms with Crippen molar-refractivity contribution in [3.8, 4) is 0 Å². The molecule has 0 atom stereocenters. The Morgan fingerprint density at radius 3 is 3.12 bits per heavy atom. The molecule has 16 heavy (non-hydrogen) atoms. The number of carbonyl (C=O) groups is 1. The van der Waals surface area contributed by atoms with E-state index in [4.69, 9.17) is 4.74 Å². The molecule has 2 aromatic heterocycles. The van der Waals surface area contributed by atoms with Crippen molar-refractivity contribution in [2.75, 3.05) is 6.61 Å². The van der Waals surface area contributed by atoms with E-state index in [2.05, 4.69) is 20.9 Å². The number of aromatic nitrogens is 2. The molecule has 0 amide bonds. The van der Waals surface area contributed by atoms with E-state index in [0.717, 1.165) is 0 Å². The minimum Gasteiger partial charge on any atom is -0.461 e. The van der Waals surface area contributed by atoms with E-state index < -0.39 is 11.8 Å². The third kappa shape index (κ3) is 1.69. The Kier molecular flexibility index (Phi) is 2.91. The predicted octanol–water partition coefficient (Wildman–Crippen LogP) is 2.41. The van der Waals surface area contributed by atoms with Crippen LogP contribution in [0.2, 0.25) is 0 Å². The lowest BCUT2D eigenvalue weighted by molar-refractivity contribution is 0.0518. The number of fused-ring (bicyclic) bond motifs is 1. The van der Waals surface area contributed by atoms with Gasteiger partial charge in [0, 0.05) is 6.20 Å². The van der Waals surface area contributed by atoms with Gasteiger partial charge in [0.15, 0.2) is 17.2 Å². The van der Waals surface area contributed by atoms with Crippen molar-refractivity contribution >= 4 is 27.5 Å². The second-order valence-corrected chi connectivity index (χ2v) is 3.89. The highest BCUT2D eigenvalue weighted by Gasteiger charge is 2.16. The zero-order valence-corrected chi connectivity index (χ0v) is 9.99. The molecular formula is C10H8BrFN2O2. The van der Waals surface area contributed by atoms with E-state index in [9.17, 15) is 9.18 Å². The van der Waals surface area contributed by atoms with Crippen LogP contribution in [0, 0.1) is 5.82 Å². The number of carbonyl (C=O) groups excluding carboxylic acids is 1. The van der Waals surface area contributed by atoms with Crippen LogP contribution >= 0.6 is 15.9 Å². The van der Waals surface area contributed by atoms with Crippen LogP contribution in [0.5, 0.6) is 0 Å². The molecule has 0 aliphatic carbocycles. The SMILES string of the molecule is CCOC(=O)c1cnc2c(F)c(Br)ccn12. The number of rotatable bonds is 2. The van der Waals surface area contributed by atoms with Crippen LogP contribution in [-0.4, -0.2) is 22.0 Å². The van der Waals surface area contributed by atoms with Crippen LogP contribution in [0.25, 0.3) is 5.65 Å². The Morgan fingerprint density at radius 2 is 2.44 bits per heavy atom. The number of hydrogen-bond donors (Lipinski definition) is 0. The maximum Gasteiger partial charge on any atom is 0.356 e. The highest BCUT2D eigenvalue weighted by atomic mass is 79.9. The first-order valence-electron chi connectivity index (χ1n) is 4.63. The van der Waals surface area contributed by atoms with Gasteiger partial charge in [0.25, 0.3) is 0 Å². The van der Waals surface area contributed by atoms with Gasteiger partial charge in [-0.15, -0.1) is 0 Å². The summed E-state index contributed by atoms with van der Waals surface area (Å²) in [6.45, 7) is 1.98. The van der Waals surface area contributed by atoms with E-state index in [1.165, 1.54) is 16.7 Å². The molecule has 4 nitrogen and oxygen atoms in total. The molecule has 0 aromatic carbocycles. The Balaban J connectivity index is 2.58. The molecule has 0 fully saturated rings. The number of halogens is 2. The summed E-state index contributed by atoms with van der Waals surface area (Å²) in [5.74, 6) is -1.02. The van der Waals surface area contributed by atoms with Crippen LogP contribution in [0.15, 0.2) is 22.9 Å². The Bertz CT molecular complexity index is 553. The number of hydrogen-bond acceptors (Lipinski definition) is 3. The van der Waals surface area contributed by atoms with Crippen molar-refractivity contribution in [1.82, 2.24) is 9.38 Å². The van der Waals surface area contributed by atoms with Gasteiger partial charge in [-0.2, -0.15) is 0 Å². The molecule has 0 N–H and O–H groups in total. The summed E-state index contributed by atoms with van der Waals surface area (Å²) in [5, 5.41) is 0. The molecule has 2 aromatic rings. The summed E-state index contributed by atoms with van der Waals surface area (Å²) in [4.78, 5) is 15.3. The lowest BCUT2D eigenvalue weighted by Gasteiger charge is -2.02. The minimum absolute atomic E-state index is 0.0948. The highest BCUT2D eigenvalue weighted by Crippen LogP contribution is 2.20. The van der Waals surface area contributed by atoms with Gasteiger partial charge >= 0.3 is 5.97 Å². The van der Waals surface area contributed by atoms with Gasteiger partial charge in [0.1, 0.15) is 0 Å². The Labute approximate surface area is 99.2 Å². The summed E-state index contributed by atoms with van der Waals surface area (Å²) in [6.07, 6.45) is 2.85. The normalized spacial score (nSPS) is 10.7. The number of ether oxygens (including phenoxy) is 1. The number of pyridine rings is 1. The smallest absolute Gasteiger partial charge is 0.356 e. The van der Waals surface area contributed by atoms with Crippen LogP contribution < -0.4 is 0 Å². The van der Waals surface area contributed by atoms with Crippen molar-refractivity contribution in [3.05, 3.63) is 34.4 Å². The van der Waals surface area contributed by atoms with Crippen molar-refractivity contribution in [2.45, 2.75) is 6.92 Å². The Morgan fingerprint density at radius 1 is 1.69 bits per heavy atom. The van der Waals surface area contributed by atoms with E-state index in [1.54, 1.807) is 13.1 Å². The number of nitrogens with zero attached hydrogens (tertiary/aromatic N) is 2. The molecule has 0 aliphatic rings. The van der Waals surface area contributed by atoms with E-state index >= 15 is 0 Å². The minimum atomic E-state index is -0.517. The second-order valence-electron chi connectivity index (χ2n) is 3.04. The van der Waals surface area contributed by atoms with Crippen molar-refractivity contribution in [3.63, 3.8) is 0 Å². The van der Waals surface area contributed by atoms with Crippen LogP contribution in [0.3, 0.4) is 0 Å². The molecule has 0 spiro atoms. The molecule has 0 aliphatic heterocycles. The molecule has 0 saturated heterocycles. The fourth-order valence-corrected chi connectivity index (χ4v) is 1.65. The summed E-state index contributed by atoms with van der Waals surface area (Å²) < 4.78 is 20.1. The lowest BCUT2D eigenvalue weighted by atomic mass is 10.4. The van der Waals surface area contributed by atoms with Gasteiger partial charge < -0.3 is 4.74 Å². The molecule has 0 bridgehead atoms. The molecule has 2 heterocycles. The molecule has 84 valence electrons. The maximum absolute atomic E-state index is 13.6. The van der Waals surface area contributed by atoms with Crippen LogP contribution in [0.4, 0.5) is 4.39 Å². The lowest BCUT2D eigenvalue weighted by Crippen LogP contribution is -2.08. The topological polar surface area (TPSA) is 43.6 Å². The standard InChI is InChI=1S/C10H8BrFN2O2/c1-2-16-10(15)7-5-13-9-8(12)6(11)3-4-14(7)9/h3-5H,2H2,1H3. The Hall–Kier alpha value is -1.43. The molecule has 6 heteroatoms. The van der Waals surface area contributed by atoms with Crippen LogP contribution in [0.1, 0.15) is 17.4 Å². The van der Waals surface area contributed by atoms with Crippen molar-refractivity contribution in [2.24, 2.45) is 0 Å². The third-order valence-corrected chi connectivity index (χ3v) is 2.67. The summed E-state index contributed by atoms with van der Waals surface area (Å²) >= 11 is 3.05. The van der Waals surface area contributed by atoms with Gasteiger partial charge in [0.2, 0.25) is 0 Å². The average Bonchev–Trinajstić information content (AvgIpc) is 2.68. The zero-order chi connectivity index (χ0) is 11.7. The summed E-state index contributed by atoms with van der Waals surface area (Å²) in [6, 6.07) is 1.51. The van der Waals surface area contributed by atoms with Gasteiger partial charge in [-0.05, 0) is 28.9 Å². The van der Waals surface area contributed by atoms with Crippen molar-refractivity contribution < 1.29 is 13.9 Å². The molecule has 2 rings (SSSR count). The molecular weight excluding hydrogens is 279 g/mol. The fourth-order valence-electron chi connectivity index (χ4n) is 1.35. The largest absolute Gasteiger partial charge is 0.461 e. The van der Waals surface area contributed by atoms with Gasteiger partial charge in [-0.3, -0.25) is 4.40 Å². The summed E-state index contributed by atoms with van der Waals surface area (Å²) in [7, 11) is 0. The van der Waals surface area contributed by atoms with Gasteiger partial charge in [0.05, 0.1) is 17.3 Å². The van der Waals surface area contributed by atoms with Gasteiger partial charge in [-0.25, -0.2) is 14.2 Å². The first kappa shape index (κ1) is 11.1.